The van der Waals surface area contributed by atoms with Crippen LogP contribution >= 0.6 is 0 Å². The summed E-state index contributed by atoms with van der Waals surface area (Å²) in [4.78, 5) is 21.3. The van der Waals surface area contributed by atoms with E-state index in [9.17, 15) is 9.59 Å². The third-order valence-corrected chi connectivity index (χ3v) is 1.17. The first-order chi connectivity index (χ1) is 6.18. The Kier molecular flexibility index (Phi) is 3.02. The lowest BCUT2D eigenvalue weighted by molar-refractivity contribution is -0.144. The number of aromatic amines is 1. The van der Waals surface area contributed by atoms with Crippen molar-refractivity contribution < 1.29 is 14.3 Å². The fraction of sp³-hybridized carbons (Fsp3) is 0.286. The molecule has 70 valence electrons. The van der Waals surface area contributed by atoms with Gasteiger partial charge in [-0.2, -0.15) is 5.10 Å². The van der Waals surface area contributed by atoms with Gasteiger partial charge in [-0.15, -0.1) is 0 Å². The molecule has 6 nitrogen and oxygen atoms in total. The zero-order valence-electron chi connectivity index (χ0n) is 7.03. The lowest BCUT2D eigenvalue weighted by Crippen LogP contribution is -2.19. The van der Waals surface area contributed by atoms with E-state index >= 15 is 0 Å². The lowest BCUT2D eigenvalue weighted by Gasteiger charge is -2.00. The van der Waals surface area contributed by atoms with E-state index in [1.807, 2.05) is 0 Å². The topological polar surface area (TPSA) is 84.1 Å². The van der Waals surface area contributed by atoms with Gasteiger partial charge in [-0.05, 0) is 0 Å². The third-order valence-electron chi connectivity index (χ3n) is 1.17. The molecule has 0 radical (unpaired) electrons. The SMILES string of the molecule is CC(=O)OCC(=O)Nc1cc[nH]n1. The molecular formula is C7H9N3O3. The molecule has 6 heteroatoms. The Morgan fingerprint density at radius 3 is 3.00 bits per heavy atom. The van der Waals surface area contributed by atoms with Crippen molar-refractivity contribution in [3.8, 4) is 0 Å². The number of esters is 1. The molecule has 0 bridgehead atoms. The van der Waals surface area contributed by atoms with Gasteiger partial charge >= 0.3 is 5.97 Å². The van der Waals surface area contributed by atoms with E-state index in [4.69, 9.17) is 0 Å². The van der Waals surface area contributed by atoms with Gasteiger partial charge in [-0.3, -0.25) is 14.7 Å². The average molecular weight is 183 g/mol. The number of H-pyrrole nitrogens is 1. The van der Waals surface area contributed by atoms with Crippen molar-refractivity contribution in [3.05, 3.63) is 12.3 Å². The summed E-state index contributed by atoms with van der Waals surface area (Å²) in [6.45, 7) is 0.948. The number of carbonyl (C=O) groups is 2. The van der Waals surface area contributed by atoms with Crippen LogP contribution in [-0.4, -0.2) is 28.7 Å². The Morgan fingerprint density at radius 2 is 2.46 bits per heavy atom. The average Bonchev–Trinajstić information content (AvgIpc) is 2.53. The number of anilines is 1. The van der Waals surface area contributed by atoms with Crippen LogP contribution in [0.2, 0.25) is 0 Å². The second-order valence-corrected chi connectivity index (χ2v) is 2.29. The maximum atomic E-state index is 11.0. The Hall–Kier alpha value is -1.85. The van der Waals surface area contributed by atoms with Crippen molar-refractivity contribution in [2.24, 2.45) is 0 Å². The second-order valence-electron chi connectivity index (χ2n) is 2.29. The van der Waals surface area contributed by atoms with Crippen molar-refractivity contribution in [1.82, 2.24) is 10.2 Å². The predicted octanol–water partition coefficient (Wildman–Crippen LogP) is -0.0887. The van der Waals surface area contributed by atoms with E-state index in [2.05, 4.69) is 20.3 Å². The zero-order valence-corrected chi connectivity index (χ0v) is 7.03. The maximum Gasteiger partial charge on any atom is 0.303 e. The number of nitrogens with zero attached hydrogens (tertiary/aromatic N) is 1. The fourth-order valence-corrected chi connectivity index (χ4v) is 0.676. The molecule has 0 spiro atoms. The molecular weight excluding hydrogens is 174 g/mol. The Bertz CT molecular complexity index is 294. The number of rotatable bonds is 3. The summed E-state index contributed by atoms with van der Waals surface area (Å²) in [5, 5.41) is 8.63. The van der Waals surface area contributed by atoms with E-state index in [0.717, 1.165) is 0 Å². The van der Waals surface area contributed by atoms with Crippen LogP contribution in [0.5, 0.6) is 0 Å². The van der Waals surface area contributed by atoms with Crippen molar-refractivity contribution in [2.75, 3.05) is 11.9 Å². The predicted molar refractivity (Wildman–Crippen MR) is 43.9 cm³/mol. The number of ether oxygens (including phenoxy) is 1. The number of nitrogens with one attached hydrogen (secondary N) is 2. The molecule has 13 heavy (non-hydrogen) atoms. The van der Waals surface area contributed by atoms with Gasteiger partial charge in [-0.25, -0.2) is 0 Å². The molecule has 0 unspecified atom stereocenters. The fourth-order valence-electron chi connectivity index (χ4n) is 0.676. The van der Waals surface area contributed by atoms with Gasteiger partial charge in [0.25, 0.3) is 5.91 Å². The lowest BCUT2D eigenvalue weighted by atomic mass is 10.5. The van der Waals surface area contributed by atoms with Gasteiger partial charge in [0.15, 0.2) is 12.4 Å². The van der Waals surface area contributed by atoms with Crippen molar-refractivity contribution >= 4 is 17.7 Å². The van der Waals surface area contributed by atoms with Gasteiger partial charge in [0.05, 0.1) is 0 Å². The summed E-state index contributed by atoms with van der Waals surface area (Å²) < 4.78 is 4.46. The minimum atomic E-state index is -0.489. The van der Waals surface area contributed by atoms with Crippen LogP contribution in [0.1, 0.15) is 6.92 Å². The molecule has 2 N–H and O–H groups in total. The quantitative estimate of drug-likeness (QED) is 0.641. The molecule has 0 saturated carbocycles. The molecule has 0 saturated heterocycles. The number of amides is 1. The van der Waals surface area contributed by atoms with Crippen LogP contribution in [-0.2, 0) is 14.3 Å². The molecule has 0 aliphatic rings. The van der Waals surface area contributed by atoms with Gasteiger partial charge in [0.1, 0.15) is 0 Å². The van der Waals surface area contributed by atoms with Gasteiger partial charge in [-0.1, -0.05) is 0 Å². The summed E-state index contributed by atoms with van der Waals surface area (Å²) in [5.74, 6) is -0.503. The van der Waals surface area contributed by atoms with Crippen LogP contribution in [0.15, 0.2) is 12.3 Å². The molecule has 1 aromatic rings. The molecule has 0 aromatic carbocycles. The number of hydrogen-bond donors (Lipinski definition) is 2. The minimum absolute atomic E-state index is 0.289. The van der Waals surface area contributed by atoms with Crippen molar-refractivity contribution in [3.63, 3.8) is 0 Å². The normalized spacial score (nSPS) is 9.31. The zero-order chi connectivity index (χ0) is 9.68. The van der Waals surface area contributed by atoms with Crippen LogP contribution in [0.4, 0.5) is 5.82 Å². The van der Waals surface area contributed by atoms with Crippen molar-refractivity contribution in [2.45, 2.75) is 6.92 Å². The summed E-state index contributed by atoms with van der Waals surface area (Å²) in [7, 11) is 0. The monoisotopic (exact) mass is 183 g/mol. The Labute approximate surface area is 74.3 Å². The largest absolute Gasteiger partial charge is 0.456 e. The number of hydrogen-bond acceptors (Lipinski definition) is 4. The highest BCUT2D eigenvalue weighted by molar-refractivity contribution is 5.91. The third kappa shape index (κ3) is 3.37. The van der Waals surface area contributed by atoms with E-state index in [1.54, 1.807) is 12.3 Å². The first-order valence-electron chi connectivity index (χ1n) is 3.61. The molecule has 1 amide bonds. The molecule has 0 atom stereocenters. The van der Waals surface area contributed by atoms with Crippen LogP contribution in [0.25, 0.3) is 0 Å². The Balaban J connectivity index is 2.30. The highest BCUT2D eigenvalue weighted by Gasteiger charge is 2.04. The molecule has 0 fully saturated rings. The molecule has 1 rings (SSSR count). The van der Waals surface area contributed by atoms with Crippen LogP contribution in [0.3, 0.4) is 0 Å². The standard InChI is InChI=1S/C7H9N3O3/c1-5(11)13-4-7(12)9-6-2-3-8-10-6/h2-3H,4H2,1H3,(H2,8,9,10,12). The Morgan fingerprint density at radius 1 is 1.69 bits per heavy atom. The van der Waals surface area contributed by atoms with Crippen LogP contribution < -0.4 is 5.32 Å². The highest BCUT2D eigenvalue weighted by Crippen LogP contribution is 1.97. The smallest absolute Gasteiger partial charge is 0.303 e. The first-order valence-corrected chi connectivity index (χ1v) is 3.61. The van der Waals surface area contributed by atoms with E-state index < -0.39 is 11.9 Å². The van der Waals surface area contributed by atoms with Crippen LogP contribution in [0, 0.1) is 0 Å². The summed E-state index contributed by atoms with van der Waals surface area (Å²) in [6, 6.07) is 1.59. The van der Waals surface area contributed by atoms with Gasteiger partial charge < -0.3 is 10.1 Å². The summed E-state index contributed by atoms with van der Waals surface area (Å²) >= 11 is 0. The molecule has 0 aliphatic heterocycles. The summed E-state index contributed by atoms with van der Waals surface area (Å²) in [5.41, 5.74) is 0. The second kappa shape index (κ2) is 4.24. The molecule has 1 aromatic heterocycles. The van der Waals surface area contributed by atoms with Gasteiger partial charge in [0, 0.05) is 19.2 Å². The maximum absolute atomic E-state index is 11.0. The first kappa shape index (κ1) is 9.24. The van der Waals surface area contributed by atoms with E-state index in [0.29, 0.717) is 5.82 Å². The van der Waals surface area contributed by atoms with Gasteiger partial charge in [0.2, 0.25) is 0 Å². The van der Waals surface area contributed by atoms with E-state index in [1.165, 1.54) is 6.92 Å². The van der Waals surface area contributed by atoms with Crippen molar-refractivity contribution in [1.29, 1.82) is 0 Å². The number of carbonyl (C=O) groups excluding carboxylic acids is 2. The number of aromatic nitrogens is 2. The minimum Gasteiger partial charge on any atom is -0.456 e. The molecule has 1 heterocycles. The molecule has 0 aliphatic carbocycles. The van der Waals surface area contributed by atoms with E-state index in [-0.39, 0.29) is 6.61 Å². The highest BCUT2D eigenvalue weighted by atomic mass is 16.5. The summed E-state index contributed by atoms with van der Waals surface area (Å²) in [6.07, 6.45) is 1.57.